The fraction of sp³-hybridized carbons (Fsp3) is 0.833. The van der Waals surface area contributed by atoms with Gasteiger partial charge in [-0.15, -0.1) is 5.10 Å². The van der Waals surface area contributed by atoms with E-state index in [0.717, 1.165) is 25.2 Å². The smallest absolute Gasteiger partial charge is 0.229 e. The quantitative estimate of drug-likeness (QED) is 0.837. The van der Waals surface area contributed by atoms with E-state index in [4.69, 9.17) is 0 Å². The van der Waals surface area contributed by atoms with E-state index < -0.39 is 0 Å². The number of rotatable bonds is 4. The summed E-state index contributed by atoms with van der Waals surface area (Å²) in [6, 6.07) is 0.783. The van der Waals surface area contributed by atoms with Gasteiger partial charge in [0.2, 0.25) is 5.91 Å². The fourth-order valence-corrected chi connectivity index (χ4v) is 4.17. The van der Waals surface area contributed by atoms with Crippen molar-refractivity contribution in [3.05, 3.63) is 11.9 Å². The topological polar surface area (TPSA) is 64.2 Å². The number of nitrogens with zero attached hydrogens (tertiary/aromatic N) is 3. The Labute approximate surface area is 145 Å². The number of hydrogen-bond acceptors (Lipinski definition) is 3. The lowest BCUT2D eigenvalue weighted by atomic mass is 9.75. The number of amides is 1. The standard InChI is InChI=1S/C18H31N5O/c1-12(2)19-17(24)15-10-22-7-6-13(15)8-14(22)9-23-11-16(20-21-23)18(3,4)5/h11-15H,6-10H2,1-5H3,(H,19,24)/p+1/t13-,14-,15+/m1/s1. The first-order valence-electron chi connectivity index (χ1n) is 9.29. The molecule has 0 aromatic carbocycles. The van der Waals surface area contributed by atoms with Crippen LogP contribution in [0.25, 0.3) is 0 Å². The van der Waals surface area contributed by atoms with Gasteiger partial charge in [-0.25, -0.2) is 4.68 Å². The second kappa shape index (κ2) is 6.47. The molecule has 4 rings (SSSR count). The molecular weight excluding hydrogens is 302 g/mol. The lowest BCUT2D eigenvalue weighted by Gasteiger charge is -2.46. The van der Waals surface area contributed by atoms with Gasteiger partial charge in [-0.2, -0.15) is 0 Å². The van der Waals surface area contributed by atoms with Crippen molar-refractivity contribution in [1.82, 2.24) is 20.3 Å². The minimum atomic E-state index is 0.0387. The number of nitrogens with one attached hydrogen (secondary N) is 2. The van der Waals surface area contributed by atoms with Crippen LogP contribution >= 0.6 is 0 Å². The minimum Gasteiger partial charge on any atom is -0.353 e. The van der Waals surface area contributed by atoms with Crippen molar-refractivity contribution in [1.29, 1.82) is 0 Å². The van der Waals surface area contributed by atoms with Crippen LogP contribution in [-0.2, 0) is 16.8 Å². The molecule has 0 saturated carbocycles. The molecule has 24 heavy (non-hydrogen) atoms. The van der Waals surface area contributed by atoms with Crippen molar-refractivity contribution < 1.29 is 9.69 Å². The molecule has 6 nitrogen and oxygen atoms in total. The molecule has 1 aromatic rings. The summed E-state index contributed by atoms with van der Waals surface area (Å²) in [4.78, 5) is 14.0. The summed E-state index contributed by atoms with van der Waals surface area (Å²) in [5.74, 6) is 0.964. The number of aromatic nitrogens is 3. The first-order chi connectivity index (χ1) is 11.2. The Morgan fingerprint density at radius 3 is 2.75 bits per heavy atom. The average molecular weight is 334 g/mol. The third-order valence-electron chi connectivity index (χ3n) is 5.53. The van der Waals surface area contributed by atoms with Crippen LogP contribution in [-0.4, -0.2) is 46.1 Å². The molecule has 0 radical (unpaired) electrons. The molecule has 0 spiro atoms. The van der Waals surface area contributed by atoms with E-state index in [0.29, 0.717) is 12.0 Å². The molecule has 4 heterocycles. The van der Waals surface area contributed by atoms with Gasteiger partial charge in [0.05, 0.1) is 31.2 Å². The summed E-state index contributed by atoms with van der Waals surface area (Å²) in [6.45, 7) is 13.6. The second-order valence-electron chi connectivity index (χ2n) is 8.94. The highest BCUT2D eigenvalue weighted by molar-refractivity contribution is 5.79. The molecule has 1 amide bonds. The maximum Gasteiger partial charge on any atom is 0.229 e. The predicted octanol–water partition coefficient (Wildman–Crippen LogP) is 0.394. The Kier molecular flexibility index (Phi) is 4.69. The zero-order chi connectivity index (χ0) is 17.5. The Morgan fingerprint density at radius 2 is 2.21 bits per heavy atom. The largest absolute Gasteiger partial charge is 0.353 e. The molecule has 1 aromatic heterocycles. The molecule has 3 saturated heterocycles. The van der Waals surface area contributed by atoms with Gasteiger partial charge >= 0.3 is 0 Å². The van der Waals surface area contributed by atoms with Gasteiger partial charge in [-0.1, -0.05) is 26.0 Å². The summed E-state index contributed by atoms with van der Waals surface area (Å²) in [5, 5.41) is 11.8. The third kappa shape index (κ3) is 3.63. The van der Waals surface area contributed by atoms with Crippen LogP contribution in [0, 0.1) is 11.8 Å². The SMILES string of the molecule is CC(C)NC(=O)[C@H]1C[NH+]2CC[C@@H]1C[C@@H]2Cn1cc(C(C)(C)C)nn1. The van der Waals surface area contributed by atoms with E-state index >= 15 is 0 Å². The highest BCUT2D eigenvalue weighted by Gasteiger charge is 2.46. The molecule has 3 aliphatic heterocycles. The molecule has 134 valence electrons. The number of carbonyl (C=O) groups excluding carboxylic acids is 1. The highest BCUT2D eigenvalue weighted by Crippen LogP contribution is 2.28. The summed E-state index contributed by atoms with van der Waals surface area (Å²) in [5.41, 5.74) is 1.08. The van der Waals surface area contributed by atoms with E-state index in [9.17, 15) is 4.79 Å². The van der Waals surface area contributed by atoms with Gasteiger partial charge in [0.1, 0.15) is 6.04 Å². The minimum absolute atomic E-state index is 0.0387. The van der Waals surface area contributed by atoms with Gasteiger partial charge < -0.3 is 10.2 Å². The number of carbonyl (C=O) groups is 1. The molecule has 2 bridgehead atoms. The van der Waals surface area contributed by atoms with Crippen molar-refractivity contribution in [2.75, 3.05) is 13.1 Å². The predicted molar refractivity (Wildman–Crippen MR) is 92.7 cm³/mol. The molecule has 3 aliphatic rings. The highest BCUT2D eigenvalue weighted by atomic mass is 16.2. The summed E-state index contributed by atoms with van der Waals surface area (Å²) in [6.07, 6.45) is 4.38. The van der Waals surface area contributed by atoms with Crippen molar-refractivity contribution in [3.63, 3.8) is 0 Å². The molecule has 1 unspecified atom stereocenters. The van der Waals surface area contributed by atoms with Crippen molar-refractivity contribution in [3.8, 4) is 0 Å². The summed E-state index contributed by atoms with van der Waals surface area (Å²) < 4.78 is 2.00. The molecule has 2 N–H and O–H groups in total. The van der Waals surface area contributed by atoms with Crippen molar-refractivity contribution in [2.45, 2.75) is 71.5 Å². The lowest BCUT2D eigenvalue weighted by molar-refractivity contribution is -0.945. The van der Waals surface area contributed by atoms with Gasteiger partial charge in [0, 0.05) is 30.5 Å². The van der Waals surface area contributed by atoms with Crippen LogP contribution in [0.2, 0.25) is 0 Å². The molecular formula is C18H32N5O+. The van der Waals surface area contributed by atoms with E-state index in [1.165, 1.54) is 13.0 Å². The Hall–Kier alpha value is -1.43. The second-order valence-corrected chi connectivity index (χ2v) is 8.94. The van der Waals surface area contributed by atoms with Gasteiger partial charge in [0.25, 0.3) is 0 Å². The number of quaternary nitrogens is 1. The van der Waals surface area contributed by atoms with E-state index in [1.54, 1.807) is 4.90 Å². The lowest BCUT2D eigenvalue weighted by Crippen LogP contribution is -3.20. The first-order valence-corrected chi connectivity index (χ1v) is 9.29. The normalized spacial score (nSPS) is 29.9. The maximum atomic E-state index is 12.4. The Balaban J connectivity index is 1.62. The van der Waals surface area contributed by atoms with Gasteiger partial charge in [0.15, 0.2) is 0 Å². The third-order valence-corrected chi connectivity index (χ3v) is 5.53. The first kappa shape index (κ1) is 17.4. The van der Waals surface area contributed by atoms with E-state index in [2.05, 4.69) is 42.6 Å². The van der Waals surface area contributed by atoms with Crippen LogP contribution in [0.4, 0.5) is 0 Å². The van der Waals surface area contributed by atoms with Gasteiger partial charge in [-0.3, -0.25) is 4.79 Å². The molecule has 3 fully saturated rings. The van der Waals surface area contributed by atoms with Crippen LogP contribution in [0.5, 0.6) is 0 Å². The van der Waals surface area contributed by atoms with Crippen molar-refractivity contribution >= 4 is 5.91 Å². The van der Waals surface area contributed by atoms with Crippen LogP contribution < -0.4 is 10.2 Å². The number of piperidine rings is 3. The van der Waals surface area contributed by atoms with E-state index in [-0.39, 0.29) is 23.3 Å². The van der Waals surface area contributed by atoms with Crippen LogP contribution in [0.15, 0.2) is 6.20 Å². The zero-order valence-corrected chi connectivity index (χ0v) is 15.7. The van der Waals surface area contributed by atoms with Gasteiger partial charge in [-0.05, 0) is 19.8 Å². The zero-order valence-electron chi connectivity index (χ0n) is 15.7. The summed E-state index contributed by atoms with van der Waals surface area (Å²) >= 11 is 0. The molecule has 0 aliphatic carbocycles. The monoisotopic (exact) mass is 334 g/mol. The molecule has 4 atom stereocenters. The van der Waals surface area contributed by atoms with Crippen LogP contribution in [0.1, 0.15) is 53.2 Å². The number of hydrogen-bond donors (Lipinski definition) is 2. The average Bonchev–Trinajstić information content (AvgIpc) is 2.96. The van der Waals surface area contributed by atoms with E-state index in [1.807, 2.05) is 18.5 Å². The van der Waals surface area contributed by atoms with Crippen LogP contribution in [0.3, 0.4) is 0 Å². The maximum absolute atomic E-state index is 12.4. The Morgan fingerprint density at radius 1 is 1.46 bits per heavy atom. The van der Waals surface area contributed by atoms with Crippen molar-refractivity contribution in [2.24, 2.45) is 11.8 Å². The Bertz CT molecular complexity index is 588. The number of fused-ring (bicyclic) bond motifs is 3. The summed E-state index contributed by atoms with van der Waals surface area (Å²) in [7, 11) is 0. The molecule has 6 heteroatoms. The fourth-order valence-electron chi connectivity index (χ4n) is 4.17.